The van der Waals surface area contributed by atoms with Gasteiger partial charge in [0.15, 0.2) is 0 Å². The summed E-state index contributed by atoms with van der Waals surface area (Å²) in [6.45, 7) is 4.04. The van der Waals surface area contributed by atoms with Crippen LogP contribution in [0.3, 0.4) is 0 Å². The lowest BCUT2D eigenvalue weighted by Crippen LogP contribution is -2.32. The van der Waals surface area contributed by atoms with Crippen molar-refractivity contribution in [2.75, 3.05) is 13.1 Å². The summed E-state index contributed by atoms with van der Waals surface area (Å²) in [4.78, 5) is 15.0. The molecule has 0 atom stereocenters. The third-order valence-corrected chi connectivity index (χ3v) is 3.81. The van der Waals surface area contributed by atoms with Gasteiger partial charge < -0.3 is 10.3 Å². The van der Waals surface area contributed by atoms with E-state index in [1.807, 2.05) is 22.9 Å². The number of benzene rings is 1. The molecular weight excluding hydrogens is 238 g/mol. The van der Waals surface area contributed by atoms with E-state index < -0.39 is 0 Å². The van der Waals surface area contributed by atoms with Crippen molar-refractivity contribution in [1.29, 1.82) is 0 Å². The molecule has 3 rings (SSSR count). The van der Waals surface area contributed by atoms with Crippen LogP contribution < -0.4 is 11.0 Å². The lowest BCUT2D eigenvalue weighted by molar-refractivity contribution is 0.361. The Morgan fingerprint density at radius 1 is 1.16 bits per heavy atom. The molecule has 0 radical (unpaired) electrons. The molecule has 2 aromatic rings. The summed E-state index contributed by atoms with van der Waals surface area (Å²) >= 11 is 0. The number of nitrogens with one attached hydrogen (secondary N) is 2. The maximum absolute atomic E-state index is 12.1. The van der Waals surface area contributed by atoms with E-state index in [1.54, 1.807) is 0 Å². The quantitative estimate of drug-likeness (QED) is 0.865. The average molecular weight is 257 g/mol. The lowest BCUT2D eigenvalue weighted by atomic mass is 10.1. The Labute approximate surface area is 112 Å². The van der Waals surface area contributed by atoms with Gasteiger partial charge in [-0.2, -0.15) is 0 Å². The van der Waals surface area contributed by atoms with Crippen molar-refractivity contribution in [3.05, 3.63) is 46.5 Å². The van der Waals surface area contributed by atoms with Crippen LogP contribution in [0.2, 0.25) is 0 Å². The Morgan fingerprint density at radius 2 is 1.84 bits per heavy atom. The molecule has 100 valence electrons. The predicted octanol–water partition coefficient (Wildman–Crippen LogP) is 2.08. The fourth-order valence-electron chi connectivity index (χ4n) is 2.65. The maximum atomic E-state index is 12.1. The first kappa shape index (κ1) is 12.2. The number of aromatic amines is 1. The van der Waals surface area contributed by atoms with E-state index in [0.29, 0.717) is 6.04 Å². The molecule has 2 N–H and O–H groups in total. The van der Waals surface area contributed by atoms with E-state index in [-0.39, 0.29) is 5.69 Å². The molecule has 0 unspecified atom stereocenters. The first-order valence-electron chi connectivity index (χ1n) is 6.83. The molecule has 1 aromatic carbocycles. The van der Waals surface area contributed by atoms with Crippen LogP contribution in [0.1, 0.15) is 24.4 Å². The van der Waals surface area contributed by atoms with Crippen molar-refractivity contribution in [3.8, 4) is 11.3 Å². The van der Waals surface area contributed by atoms with Crippen LogP contribution in [0.5, 0.6) is 0 Å². The van der Waals surface area contributed by atoms with Crippen LogP contribution in [0, 0.1) is 6.92 Å². The number of hydrogen-bond donors (Lipinski definition) is 2. The Kier molecular flexibility index (Phi) is 3.25. The molecule has 1 aromatic heterocycles. The Morgan fingerprint density at radius 3 is 2.53 bits per heavy atom. The fraction of sp³-hybridized carbons (Fsp3) is 0.400. The van der Waals surface area contributed by atoms with Crippen molar-refractivity contribution in [2.45, 2.75) is 25.8 Å². The molecule has 0 spiro atoms. The van der Waals surface area contributed by atoms with Gasteiger partial charge in [0.05, 0.1) is 5.69 Å². The fourth-order valence-corrected chi connectivity index (χ4v) is 2.65. The molecular formula is C15H19N3O. The van der Waals surface area contributed by atoms with Gasteiger partial charge in [0.2, 0.25) is 0 Å². The zero-order chi connectivity index (χ0) is 13.2. The van der Waals surface area contributed by atoms with E-state index >= 15 is 0 Å². The summed E-state index contributed by atoms with van der Waals surface area (Å²) in [5.41, 5.74) is 3.20. The normalized spacial score (nSPS) is 16.7. The van der Waals surface area contributed by atoms with Crippen molar-refractivity contribution in [1.82, 2.24) is 14.9 Å². The highest BCUT2D eigenvalue weighted by Crippen LogP contribution is 2.21. The minimum atomic E-state index is 0.00229. The molecule has 2 heterocycles. The number of aromatic nitrogens is 2. The first-order valence-corrected chi connectivity index (χ1v) is 6.83. The van der Waals surface area contributed by atoms with Gasteiger partial charge in [0.1, 0.15) is 0 Å². The van der Waals surface area contributed by atoms with E-state index in [0.717, 1.165) is 37.2 Å². The van der Waals surface area contributed by atoms with Gasteiger partial charge >= 0.3 is 5.69 Å². The Balaban J connectivity index is 1.92. The van der Waals surface area contributed by atoms with Crippen LogP contribution in [0.15, 0.2) is 35.3 Å². The van der Waals surface area contributed by atoms with Crippen LogP contribution in [-0.2, 0) is 0 Å². The molecule has 4 nitrogen and oxygen atoms in total. The van der Waals surface area contributed by atoms with Gasteiger partial charge in [0, 0.05) is 12.2 Å². The number of imidazole rings is 1. The van der Waals surface area contributed by atoms with Crippen LogP contribution in [0.25, 0.3) is 11.3 Å². The average Bonchev–Trinajstić information content (AvgIpc) is 2.83. The number of nitrogens with zero attached hydrogens (tertiary/aromatic N) is 1. The lowest BCUT2D eigenvalue weighted by Gasteiger charge is -2.22. The zero-order valence-electron chi connectivity index (χ0n) is 11.1. The molecule has 0 bridgehead atoms. The smallest absolute Gasteiger partial charge is 0.317 e. The standard InChI is InChI=1S/C15H19N3O/c1-11-2-4-12(5-3-11)14-10-18(15(19)17-14)13-6-8-16-9-7-13/h2-5,10,13,16H,6-9H2,1H3,(H,17,19). The van der Waals surface area contributed by atoms with Crippen LogP contribution in [0.4, 0.5) is 0 Å². The van der Waals surface area contributed by atoms with E-state index in [4.69, 9.17) is 0 Å². The molecule has 0 amide bonds. The van der Waals surface area contributed by atoms with Crippen molar-refractivity contribution in [3.63, 3.8) is 0 Å². The molecule has 1 fully saturated rings. The number of rotatable bonds is 2. The number of hydrogen-bond acceptors (Lipinski definition) is 2. The second-order valence-electron chi connectivity index (χ2n) is 5.23. The molecule has 0 saturated carbocycles. The minimum Gasteiger partial charge on any atom is -0.317 e. The summed E-state index contributed by atoms with van der Waals surface area (Å²) in [5, 5.41) is 3.32. The minimum absolute atomic E-state index is 0.00229. The maximum Gasteiger partial charge on any atom is 0.326 e. The summed E-state index contributed by atoms with van der Waals surface area (Å²) in [6.07, 6.45) is 4.00. The first-order chi connectivity index (χ1) is 9.24. The van der Waals surface area contributed by atoms with Crippen LogP contribution >= 0.6 is 0 Å². The highest BCUT2D eigenvalue weighted by Gasteiger charge is 2.17. The SMILES string of the molecule is Cc1ccc(-c2cn(C3CCNCC3)c(=O)[nH]2)cc1. The monoisotopic (exact) mass is 257 g/mol. The molecule has 0 aliphatic carbocycles. The van der Waals surface area contributed by atoms with E-state index in [9.17, 15) is 4.79 Å². The van der Waals surface area contributed by atoms with Crippen molar-refractivity contribution in [2.24, 2.45) is 0 Å². The van der Waals surface area contributed by atoms with Gasteiger partial charge in [0.25, 0.3) is 0 Å². The van der Waals surface area contributed by atoms with E-state index in [2.05, 4.69) is 29.4 Å². The molecule has 4 heteroatoms. The summed E-state index contributed by atoms with van der Waals surface area (Å²) in [5.74, 6) is 0. The van der Waals surface area contributed by atoms with Crippen molar-refractivity contribution >= 4 is 0 Å². The largest absolute Gasteiger partial charge is 0.326 e. The highest BCUT2D eigenvalue weighted by atomic mass is 16.1. The van der Waals surface area contributed by atoms with Crippen LogP contribution in [-0.4, -0.2) is 22.6 Å². The van der Waals surface area contributed by atoms with Gasteiger partial charge in [-0.3, -0.25) is 4.57 Å². The van der Waals surface area contributed by atoms with Gasteiger partial charge in [-0.25, -0.2) is 4.79 Å². The zero-order valence-corrected chi connectivity index (χ0v) is 11.1. The molecule has 1 saturated heterocycles. The predicted molar refractivity (Wildman–Crippen MR) is 76.4 cm³/mol. The van der Waals surface area contributed by atoms with Crippen molar-refractivity contribution < 1.29 is 0 Å². The summed E-state index contributed by atoms with van der Waals surface area (Å²) in [7, 11) is 0. The summed E-state index contributed by atoms with van der Waals surface area (Å²) in [6, 6.07) is 8.55. The number of piperidine rings is 1. The number of aryl methyl sites for hydroxylation is 1. The number of H-pyrrole nitrogens is 1. The second kappa shape index (κ2) is 5.05. The van der Waals surface area contributed by atoms with Gasteiger partial charge in [-0.15, -0.1) is 0 Å². The van der Waals surface area contributed by atoms with Gasteiger partial charge in [-0.05, 0) is 38.4 Å². The third kappa shape index (κ3) is 2.49. The highest BCUT2D eigenvalue weighted by molar-refractivity contribution is 5.58. The Hall–Kier alpha value is -1.81. The molecule has 19 heavy (non-hydrogen) atoms. The van der Waals surface area contributed by atoms with Gasteiger partial charge in [-0.1, -0.05) is 29.8 Å². The second-order valence-corrected chi connectivity index (χ2v) is 5.23. The molecule has 1 aliphatic rings. The molecule has 1 aliphatic heterocycles. The topological polar surface area (TPSA) is 49.8 Å². The summed E-state index contributed by atoms with van der Waals surface area (Å²) < 4.78 is 1.86. The Bertz CT molecular complexity index is 603. The van der Waals surface area contributed by atoms with E-state index in [1.165, 1.54) is 5.56 Å². The third-order valence-electron chi connectivity index (χ3n) is 3.81.